The summed E-state index contributed by atoms with van der Waals surface area (Å²) in [7, 11) is 0. The molecule has 2 unspecified atom stereocenters. The smallest absolute Gasteiger partial charge is 0.220 e. The lowest BCUT2D eigenvalue weighted by molar-refractivity contribution is -0.122. The molecule has 1 aliphatic heterocycles. The van der Waals surface area contributed by atoms with Gasteiger partial charge in [0.15, 0.2) is 0 Å². The highest BCUT2D eigenvalue weighted by Gasteiger charge is 2.21. The lowest BCUT2D eigenvalue weighted by atomic mass is 9.99. The molecule has 1 aromatic carbocycles. The number of hydrogen-bond donors (Lipinski definition) is 2. The molecule has 4 heteroatoms. The van der Waals surface area contributed by atoms with Crippen molar-refractivity contribution in [3.05, 3.63) is 35.2 Å². The maximum atomic E-state index is 12.1. The summed E-state index contributed by atoms with van der Waals surface area (Å²) in [5.41, 5.74) is 1.38. The molecule has 0 spiro atoms. The molecule has 0 saturated carbocycles. The quantitative estimate of drug-likeness (QED) is 0.886. The monoisotopic (exact) mass is 316 g/mol. The van der Waals surface area contributed by atoms with Crippen LogP contribution in [0.3, 0.4) is 0 Å². The van der Waals surface area contributed by atoms with E-state index in [0.717, 1.165) is 32.2 Å². The van der Waals surface area contributed by atoms with Crippen molar-refractivity contribution in [2.45, 2.75) is 51.1 Å². The second-order valence-corrected chi connectivity index (χ2v) is 7.08. The lowest BCUT2D eigenvalue weighted by Crippen LogP contribution is -2.51. The molecule has 118 valence electrons. The van der Waals surface area contributed by atoms with E-state index in [9.17, 15) is 4.79 Å². The van der Waals surface area contributed by atoms with Crippen LogP contribution in [-0.2, 0) is 11.2 Å². The Hall–Kier alpha value is -1.39. The van der Waals surface area contributed by atoms with Crippen molar-refractivity contribution in [3.63, 3.8) is 0 Å². The Labute approximate surface area is 136 Å². The van der Waals surface area contributed by atoms with Crippen LogP contribution in [0.15, 0.2) is 29.6 Å². The molecule has 1 saturated heterocycles. The number of carbonyl (C=O) groups is 1. The van der Waals surface area contributed by atoms with Crippen LogP contribution >= 0.6 is 11.3 Å². The van der Waals surface area contributed by atoms with Gasteiger partial charge < -0.3 is 10.6 Å². The van der Waals surface area contributed by atoms with Crippen molar-refractivity contribution in [1.82, 2.24) is 10.6 Å². The Morgan fingerprint density at radius 3 is 3.14 bits per heavy atom. The van der Waals surface area contributed by atoms with Gasteiger partial charge in [0.05, 0.1) is 0 Å². The molecule has 2 heterocycles. The number of amides is 1. The van der Waals surface area contributed by atoms with Crippen LogP contribution in [0.4, 0.5) is 0 Å². The molecular formula is C18H24N2OS. The number of benzene rings is 1. The summed E-state index contributed by atoms with van der Waals surface area (Å²) >= 11 is 1.79. The summed E-state index contributed by atoms with van der Waals surface area (Å²) in [6.07, 6.45) is 4.76. The second-order valence-electron chi connectivity index (χ2n) is 6.17. The first-order valence-corrected chi connectivity index (χ1v) is 9.10. The van der Waals surface area contributed by atoms with Crippen molar-refractivity contribution >= 4 is 27.3 Å². The van der Waals surface area contributed by atoms with Crippen LogP contribution < -0.4 is 10.6 Å². The Morgan fingerprint density at radius 1 is 1.41 bits per heavy atom. The summed E-state index contributed by atoms with van der Waals surface area (Å²) in [6, 6.07) is 9.18. The zero-order valence-corrected chi connectivity index (χ0v) is 13.9. The van der Waals surface area contributed by atoms with Gasteiger partial charge in [0, 0.05) is 23.2 Å². The third-order valence-corrected chi connectivity index (χ3v) is 5.53. The van der Waals surface area contributed by atoms with Crippen molar-refractivity contribution in [1.29, 1.82) is 0 Å². The zero-order valence-electron chi connectivity index (χ0n) is 13.1. The Balaban J connectivity index is 1.47. The van der Waals surface area contributed by atoms with Crippen molar-refractivity contribution in [3.8, 4) is 0 Å². The summed E-state index contributed by atoms with van der Waals surface area (Å²) in [5, 5.41) is 10.2. The Kier molecular flexibility index (Phi) is 5.11. The number of hydrogen-bond acceptors (Lipinski definition) is 3. The average Bonchev–Trinajstić information content (AvgIpc) is 2.93. The molecule has 0 radical (unpaired) electrons. The number of thiophene rings is 1. The fourth-order valence-corrected chi connectivity index (χ4v) is 4.18. The van der Waals surface area contributed by atoms with Crippen molar-refractivity contribution in [2.75, 3.05) is 6.54 Å². The molecule has 2 atom stereocenters. The van der Waals surface area contributed by atoms with E-state index in [0.29, 0.717) is 18.5 Å². The number of piperidine rings is 1. The summed E-state index contributed by atoms with van der Waals surface area (Å²) < 4.78 is 1.34. The number of nitrogens with one attached hydrogen (secondary N) is 2. The SMILES string of the molecule is CC1NCCCC1NC(=O)CCCc1csc2ccccc12. The summed E-state index contributed by atoms with van der Waals surface area (Å²) in [6.45, 7) is 3.22. The van der Waals surface area contributed by atoms with Gasteiger partial charge in [-0.05, 0) is 61.5 Å². The molecule has 2 N–H and O–H groups in total. The Bertz CT molecular complexity index is 637. The van der Waals surface area contributed by atoms with E-state index in [2.05, 4.69) is 47.2 Å². The molecule has 3 nitrogen and oxygen atoms in total. The van der Waals surface area contributed by atoms with E-state index in [1.165, 1.54) is 15.6 Å². The van der Waals surface area contributed by atoms with E-state index >= 15 is 0 Å². The van der Waals surface area contributed by atoms with Gasteiger partial charge in [-0.3, -0.25) is 4.79 Å². The molecule has 1 amide bonds. The topological polar surface area (TPSA) is 41.1 Å². The number of aryl methyl sites for hydroxylation is 1. The highest BCUT2D eigenvalue weighted by atomic mass is 32.1. The van der Waals surface area contributed by atoms with E-state index in [-0.39, 0.29) is 5.91 Å². The minimum absolute atomic E-state index is 0.195. The van der Waals surface area contributed by atoms with Crippen LogP contribution in [0.1, 0.15) is 38.2 Å². The molecule has 1 fully saturated rings. The highest BCUT2D eigenvalue weighted by molar-refractivity contribution is 7.17. The number of fused-ring (bicyclic) bond motifs is 1. The Morgan fingerprint density at radius 2 is 2.27 bits per heavy atom. The van der Waals surface area contributed by atoms with E-state index in [1.807, 2.05) is 0 Å². The van der Waals surface area contributed by atoms with Crippen molar-refractivity contribution < 1.29 is 4.79 Å². The predicted molar refractivity (Wildman–Crippen MR) is 93.4 cm³/mol. The van der Waals surface area contributed by atoms with Gasteiger partial charge in [-0.15, -0.1) is 11.3 Å². The molecule has 1 aromatic heterocycles. The molecule has 2 aromatic rings. The molecule has 1 aliphatic rings. The molecular weight excluding hydrogens is 292 g/mol. The second kappa shape index (κ2) is 7.25. The minimum Gasteiger partial charge on any atom is -0.352 e. The van der Waals surface area contributed by atoms with E-state index < -0.39 is 0 Å². The van der Waals surface area contributed by atoms with E-state index in [1.54, 1.807) is 11.3 Å². The fraction of sp³-hybridized carbons (Fsp3) is 0.500. The van der Waals surface area contributed by atoms with Crippen LogP contribution in [0.25, 0.3) is 10.1 Å². The maximum absolute atomic E-state index is 12.1. The normalized spacial score (nSPS) is 21.9. The summed E-state index contributed by atoms with van der Waals surface area (Å²) in [4.78, 5) is 12.1. The molecule has 0 bridgehead atoms. The van der Waals surface area contributed by atoms with Gasteiger partial charge >= 0.3 is 0 Å². The molecule has 3 rings (SSSR count). The minimum atomic E-state index is 0.195. The average molecular weight is 316 g/mol. The van der Waals surface area contributed by atoms with Gasteiger partial charge in [-0.1, -0.05) is 18.2 Å². The lowest BCUT2D eigenvalue weighted by Gasteiger charge is -2.30. The van der Waals surface area contributed by atoms with Crippen LogP contribution in [0.5, 0.6) is 0 Å². The third kappa shape index (κ3) is 3.68. The van der Waals surface area contributed by atoms with Gasteiger partial charge in [0.1, 0.15) is 0 Å². The standard InChI is InChI=1S/C18H24N2OS/c1-13-16(8-5-11-19-13)20-18(21)10-4-6-14-12-22-17-9-3-2-7-15(14)17/h2-3,7,9,12-13,16,19H,4-6,8,10-11H2,1H3,(H,20,21). The van der Waals surface area contributed by atoms with Crippen LogP contribution in [0, 0.1) is 0 Å². The highest BCUT2D eigenvalue weighted by Crippen LogP contribution is 2.26. The third-order valence-electron chi connectivity index (χ3n) is 4.52. The zero-order chi connectivity index (χ0) is 15.4. The number of carbonyl (C=O) groups excluding carboxylic acids is 1. The first kappa shape index (κ1) is 15.5. The predicted octanol–water partition coefficient (Wildman–Crippen LogP) is 3.48. The summed E-state index contributed by atoms with van der Waals surface area (Å²) in [5.74, 6) is 0.195. The van der Waals surface area contributed by atoms with Crippen LogP contribution in [-0.4, -0.2) is 24.5 Å². The number of rotatable bonds is 5. The largest absolute Gasteiger partial charge is 0.352 e. The fourth-order valence-electron chi connectivity index (χ4n) is 3.19. The first-order valence-electron chi connectivity index (χ1n) is 8.22. The molecule has 0 aliphatic carbocycles. The molecule has 22 heavy (non-hydrogen) atoms. The van der Waals surface area contributed by atoms with Gasteiger partial charge in [0.25, 0.3) is 0 Å². The van der Waals surface area contributed by atoms with E-state index in [4.69, 9.17) is 0 Å². The van der Waals surface area contributed by atoms with Gasteiger partial charge in [-0.25, -0.2) is 0 Å². The van der Waals surface area contributed by atoms with Gasteiger partial charge in [0.2, 0.25) is 5.91 Å². The van der Waals surface area contributed by atoms with Crippen molar-refractivity contribution in [2.24, 2.45) is 0 Å². The van der Waals surface area contributed by atoms with Crippen LogP contribution in [0.2, 0.25) is 0 Å². The maximum Gasteiger partial charge on any atom is 0.220 e. The van der Waals surface area contributed by atoms with Gasteiger partial charge in [-0.2, -0.15) is 0 Å². The first-order chi connectivity index (χ1) is 10.7.